The van der Waals surface area contributed by atoms with E-state index in [1.807, 2.05) is 0 Å². The van der Waals surface area contributed by atoms with Crippen LogP contribution in [0.1, 0.15) is 38.5 Å². The number of ether oxygens (including phenoxy) is 1. The number of amides is 1. The van der Waals surface area contributed by atoms with E-state index in [9.17, 15) is 9.59 Å². The van der Waals surface area contributed by atoms with Crippen LogP contribution in [0, 0.1) is 5.92 Å². The van der Waals surface area contributed by atoms with Crippen LogP contribution in [0.2, 0.25) is 0 Å². The lowest BCUT2D eigenvalue weighted by atomic mass is 9.84. The summed E-state index contributed by atoms with van der Waals surface area (Å²) in [6.45, 7) is 0.210. The summed E-state index contributed by atoms with van der Waals surface area (Å²) in [6.07, 6.45) is 7.56. The Kier molecular flexibility index (Phi) is 7.02. The summed E-state index contributed by atoms with van der Waals surface area (Å²) in [5.74, 6) is 0.387. The van der Waals surface area contributed by atoms with Crippen LogP contribution in [0.4, 0.5) is 0 Å². The van der Waals surface area contributed by atoms with Gasteiger partial charge in [0.2, 0.25) is 5.91 Å². The SMILES string of the molecule is COCC(C=O)N(C)C(=O)C(N)CC1CCCCC1. The number of hydrogen-bond acceptors (Lipinski definition) is 4. The van der Waals surface area contributed by atoms with Crippen LogP contribution in [-0.4, -0.2) is 49.9 Å². The molecule has 1 aliphatic carbocycles. The van der Waals surface area contributed by atoms with Crippen molar-refractivity contribution in [2.24, 2.45) is 11.7 Å². The van der Waals surface area contributed by atoms with E-state index < -0.39 is 12.1 Å². The summed E-state index contributed by atoms with van der Waals surface area (Å²) >= 11 is 0. The van der Waals surface area contributed by atoms with Gasteiger partial charge in [0.1, 0.15) is 12.3 Å². The first-order chi connectivity index (χ1) is 9.10. The summed E-state index contributed by atoms with van der Waals surface area (Å²) in [5.41, 5.74) is 5.99. The lowest BCUT2D eigenvalue weighted by molar-refractivity contribution is -0.137. The van der Waals surface area contributed by atoms with Crippen LogP contribution >= 0.6 is 0 Å². The zero-order valence-electron chi connectivity index (χ0n) is 12.0. The van der Waals surface area contributed by atoms with E-state index >= 15 is 0 Å². The van der Waals surface area contributed by atoms with Gasteiger partial charge in [-0.15, -0.1) is 0 Å². The van der Waals surface area contributed by atoms with Gasteiger partial charge in [-0.05, 0) is 12.3 Å². The molecule has 0 aliphatic heterocycles. The Bertz CT molecular complexity index is 290. The van der Waals surface area contributed by atoms with Crippen LogP contribution in [0.3, 0.4) is 0 Å². The number of nitrogens with two attached hydrogens (primary N) is 1. The molecule has 1 aliphatic rings. The first kappa shape index (κ1) is 16.1. The van der Waals surface area contributed by atoms with Crippen LogP contribution in [0.25, 0.3) is 0 Å². The van der Waals surface area contributed by atoms with Crippen LogP contribution in [0.5, 0.6) is 0 Å². The molecule has 0 saturated heterocycles. The second kappa shape index (κ2) is 8.27. The fourth-order valence-corrected chi connectivity index (χ4v) is 2.72. The first-order valence-corrected chi connectivity index (χ1v) is 7.06. The maximum atomic E-state index is 12.2. The molecule has 0 spiro atoms. The predicted molar refractivity (Wildman–Crippen MR) is 73.7 cm³/mol. The van der Waals surface area contributed by atoms with Crippen LogP contribution in [-0.2, 0) is 14.3 Å². The molecule has 110 valence electrons. The Morgan fingerprint density at radius 1 is 1.42 bits per heavy atom. The first-order valence-electron chi connectivity index (χ1n) is 7.06. The van der Waals surface area contributed by atoms with Gasteiger partial charge in [0, 0.05) is 14.2 Å². The molecule has 0 aromatic heterocycles. The zero-order valence-corrected chi connectivity index (χ0v) is 12.0. The van der Waals surface area contributed by atoms with E-state index in [1.54, 1.807) is 7.05 Å². The summed E-state index contributed by atoms with van der Waals surface area (Å²) in [4.78, 5) is 24.5. The lowest BCUT2D eigenvalue weighted by Gasteiger charge is -2.29. The Morgan fingerprint density at radius 3 is 2.58 bits per heavy atom. The molecule has 1 amide bonds. The summed E-state index contributed by atoms with van der Waals surface area (Å²) < 4.78 is 4.93. The molecule has 5 heteroatoms. The average Bonchev–Trinajstić information content (AvgIpc) is 2.44. The van der Waals surface area contributed by atoms with Crippen molar-refractivity contribution < 1.29 is 14.3 Å². The number of rotatable bonds is 7. The summed E-state index contributed by atoms with van der Waals surface area (Å²) in [6, 6.07) is -1.05. The van der Waals surface area contributed by atoms with Crippen molar-refractivity contribution in [1.29, 1.82) is 0 Å². The summed E-state index contributed by atoms with van der Waals surface area (Å²) in [5, 5.41) is 0. The maximum Gasteiger partial charge on any atom is 0.239 e. The van der Waals surface area contributed by atoms with E-state index in [-0.39, 0.29) is 12.5 Å². The van der Waals surface area contributed by atoms with Gasteiger partial charge in [0.25, 0.3) is 0 Å². The van der Waals surface area contributed by atoms with Crippen LogP contribution in [0.15, 0.2) is 0 Å². The van der Waals surface area contributed by atoms with Gasteiger partial charge in [-0.3, -0.25) is 4.79 Å². The molecule has 0 radical (unpaired) electrons. The quantitative estimate of drug-likeness (QED) is 0.699. The molecule has 1 saturated carbocycles. The van der Waals surface area contributed by atoms with Crippen molar-refractivity contribution in [2.45, 2.75) is 50.6 Å². The molecule has 2 unspecified atom stereocenters. The molecule has 19 heavy (non-hydrogen) atoms. The number of carbonyl (C=O) groups excluding carboxylic acids is 2. The third-order valence-electron chi connectivity index (χ3n) is 3.97. The Balaban J connectivity index is 2.47. The molecule has 5 nitrogen and oxygen atoms in total. The van der Waals surface area contributed by atoms with Gasteiger partial charge < -0.3 is 20.2 Å². The van der Waals surface area contributed by atoms with Crippen molar-refractivity contribution in [2.75, 3.05) is 20.8 Å². The van der Waals surface area contributed by atoms with Gasteiger partial charge in [-0.25, -0.2) is 0 Å². The number of carbonyl (C=O) groups is 2. The highest BCUT2D eigenvalue weighted by Gasteiger charge is 2.27. The fraction of sp³-hybridized carbons (Fsp3) is 0.857. The molecule has 0 heterocycles. The Morgan fingerprint density at radius 2 is 2.05 bits per heavy atom. The average molecular weight is 270 g/mol. The lowest BCUT2D eigenvalue weighted by Crippen LogP contribution is -2.49. The second-order valence-corrected chi connectivity index (χ2v) is 5.45. The molecule has 0 aromatic rings. The van der Waals surface area contributed by atoms with E-state index in [4.69, 9.17) is 10.5 Å². The summed E-state index contributed by atoms with van der Waals surface area (Å²) in [7, 11) is 3.12. The highest BCUT2D eigenvalue weighted by atomic mass is 16.5. The zero-order chi connectivity index (χ0) is 14.3. The molecule has 1 fully saturated rings. The number of hydrogen-bond donors (Lipinski definition) is 1. The normalized spacial score (nSPS) is 19.7. The number of aldehydes is 1. The third kappa shape index (κ3) is 4.91. The molecule has 2 N–H and O–H groups in total. The highest BCUT2D eigenvalue weighted by molar-refractivity contribution is 5.84. The third-order valence-corrected chi connectivity index (χ3v) is 3.97. The van der Waals surface area contributed by atoms with Crippen molar-refractivity contribution in [3.05, 3.63) is 0 Å². The van der Waals surface area contributed by atoms with E-state index in [0.29, 0.717) is 5.92 Å². The maximum absolute atomic E-state index is 12.2. The number of likely N-dealkylation sites (N-methyl/N-ethyl adjacent to an activating group) is 1. The van der Waals surface area contributed by atoms with Gasteiger partial charge in [-0.1, -0.05) is 32.1 Å². The van der Waals surface area contributed by atoms with Crippen molar-refractivity contribution in [1.82, 2.24) is 4.90 Å². The predicted octanol–water partition coefficient (Wildman–Crippen LogP) is 0.956. The van der Waals surface area contributed by atoms with Crippen molar-refractivity contribution in [3.8, 4) is 0 Å². The molecular weight excluding hydrogens is 244 g/mol. The minimum absolute atomic E-state index is 0.167. The number of methoxy groups -OCH3 is 1. The molecule has 0 aromatic carbocycles. The fourth-order valence-electron chi connectivity index (χ4n) is 2.72. The Hall–Kier alpha value is -0.940. The van der Waals surface area contributed by atoms with Gasteiger partial charge in [0.15, 0.2) is 0 Å². The van der Waals surface area contributed by atoms with Crippen LogP contribution < -0.4 is 5.73 Å². The van der Waals surface area contributed by atoms with E-state index in [1.165, 1.54) is 44.1 Å². The molecule has 0 bridgehead atoms. The van der Waals surface area contributed by atoms with E-state index in [0.717, 1.165) is 12.7 Å². The number of nitrogens with zero attached hydrogens (tertiary/aromatic N) is 1. The molecule has 1 rings (SSSR count). The largest absolute Gasteiger partial charge is 0.382 e. The smallest absolute Gasteiger partial charge is 0.239 e. The minimum Gasteiger partial charge on any atom is -0.382 e. The molecule has 2 atom stereocenters. The topological polar surface area (TPSA) is 72.6 Å². The molecular formula is C14H26N2O3. The Labute approximate surface area is 115 Å². The van der Waals surface area contributed by atoms with Gasteiger partial charge in [0.05, 0.1) is 12.6 Å². The standard InChI is InChI=1S/C14H26N2O3/c1-16(12(9-17)10-19-2)14(18)13(15)8-11-6-4-3-5-7-11/h9,11-13H,3-8,10,15H2,1-2H3. The highest BCUT2D eigenvalue weighted by Crippen LogP contribution is 2.27. The van der Waals surface area contributed by atoms with Gasteiger partial charge >= 0.3 is 0 Å². The minimum atomic E-state index is -0.546. The van der Waals surface area contributed by atoms with Crippen molar-refractivity contribution in [3.63, 3.8) is 0 Å². The van der Waals surface area contributed by atoms with Crippen molar-refractivity contribution >= 4 is 12.2 Å². The van der Waals surface area contributed by atoms with Gasteiger partial charge in [-0.2, -0.15) is 0 Å². The van der Waals surface area contributed by atoms with E-state index in [2.05, 4.69) is 0 Å². The monoisotopic (exact) mass is 270 g/mol. The second-order valence-electron chi connectivity index (χ2n) is 5.45.